The van der Waals surface area contributed by atoms with Crippen LogP contribution in [0.1, 0.15) is 34.1 Å². The van der Waals surface area contributed by atoms with E-state index in [1.807, 2.05) is 0 Å². The number of nitrogens with two attached hydrogens (primary N) is 1. The van der Waals surface area contributed by atoms with Crippen LogP contribution in [0.5, 0.6) is 0 Å². The van der Waals surface area contributed by atoms with Crippen LogP contribution in [0.25, 0.3) is 11.3 Å². The van der Waals surface area contributed by atoms with Crippen LogP contribution in [-0.4, -0.2) is 35.5 Å². The third kappa shape index (κ3) is 2.92. The first-order valence-corrected chi connectivity index (χ1v) is 10.9. The van der Waals surface area contributed by atoms with E-state index in [9.17, 15) is 13.2 Å². The zero-order chi connectivity index (χ0) is 16.8. The third-order valence-electron chi connectivity index (χ3n) is 3.63. The Labute approximate surface area is 143 Å². The Bertz CT molecular complexity index is 881. The molecule has 2 heterocycles. The van der Waals surface area contributed by atoms with Crippen LogP contribution in [0.4, 0.5) is 0 Å². The van der Waals surface area contributed by atoms with Crippen LogP contribution in [-0.2, 0) is 22.9 Å². The number of primary amides is 1. The summed E-state index contributed by atoms with van der Waals surface area (Å²) in [6.07, 6.45) is 5.05. The van der Waals surface area contributed by atoms with Gasteiger partial charge >= 0.3 is 0 Å². The van der Waals surface area contributed by atoms with Crippen molar-refractivity contribution in [3.63, 3.8) is 0 Å². The fourth-order valence-electron chi connectivity index (χ4n) is 2.62. The number of amides is 1. The molecule has 2 aromatic rings. The molecule has 2 aromatic heterocycles. The standard InChI is InChI=1S/C14H17N3O3S3/c1-3-6-21-14-10-9(12(22-14)13(15)18)5-4-8-7-17(16-11(8)10)23(2,19)20/h7H,3-6H2,1-2H3,(H2,15,18). The minimum atomic E-state index is -3.43. The summed E-state index contributed by atoms with van der Waals surface area (Å²) in [6.45, 7) is 2.09. The van der Waals surface area contributed by atoms with Crippen LogP contribution >= 0.6 is 23.1 Å². The predicted molar refractivity (Wildman–Crippen MR) is 92.7 cm³/mol. The normalized spacial score (nSPS) is 13.7. The molecule has 23 heavy (non-hydrogen) atoms. The lowest BCUT2D eigenvalue weighted by Crippen LogP contribution is -2.13. The summed E-state index contributed by atoms with van der Waals surface area (Å²) in [5, 5.41) is 4.27. The Hall–Kier alpha value is -1.32. The van der Waals surface area contributed by atoms with E-state index in [-0.39, 0.29) is 0 Å². The van der Waals surface area contributed by atoms with Gasteiger partial charge in [0, 0.05) is 11.8 Å². The van der Waals surface area contributed by atoms with Crippen molar-refractivity contribution in [2.75, 3.05) is 12.0 Å². The summed E-state index contributed by atoms with van der Waals surface area (Å²) >= 11 is 3.06. The van der Waals surface area contributed by atoms with Gasteiger partial charge in [-0.1, -0.05) is 6.92 Å². The summed E-state index contributed by atoms with van der Waals surface area (Å²) < 4.78 is 25.5. The molecule has 124 valence electrons. The Morgan fingerprint density at radius 3 is 2.83 bits per heavy atom. The second kappa shape index (κ2) is 5.95. The van der Waals surface area contributed by atoms with Gasteiger partial charge in [-0.25, -0.2) is 8.42 Å². The van der Waals surface area contributed by atoms with Gasteiger partial charge in [-0.3, -0.25) is 4.79 Å². The number of thiophene rings is 1. The van der Waals surface area contributed by atoms with Gasteiger partial charge in [-0.05, 0) is 36.1 Å². The Kier molecular flexibility index (Phi) is 4.28. The highest BCUT2D eigenvalue weighted by atomic mass is 32.2. The van der Waals surface area contributed by atoms with Crippen LogP contribution in [0, 0.1) is 0 Å². The molecule has 0 fully saturated rings. The van der Waals surface area contributed by atoms with Crippen molar-refractivity contribution >= 4 is 39.0 Å². The van der Waals surface area contributed by atoms with Crippen molar-refractivity contribution in [2.24, 2.45) is 5.73 Å². The van der Waals surface area contributed by atoms with E-state index >= 15 is 0 Å². The Morgan fingerprint density at radius 1 is 1.48 bits per heavy atom. The number of hydrogen-bond acceptors (Lipinski definition) is 6. The van der Waals surface area contributed by atoms with E-state index in [0.717, 1.165) is 43.4 Å². The van der Waals surface area contributed by atoms with Gasteiger partial charge in [0.05, 0.1) is 21.0 Å². The lowest BCUT2D eigenvalue weighted by molar-refractivity contribution is 0.100. The maximum absolute atomic E-state index is 11.8. The van der Waals surface area contributed by atoms with E-state index in [1.165, 1.54) is 11.3 Å². The molecule has 0 bridgehead atoms. The number of nitrogens with zero attached hydrogens (tertiary/aromatic N) is 2. The molecule has 0 saturated heterocycles. The fourth-order valence-corrected chi connectivity index (χ4v) is 5.60. The highest BCUT2D eigenvalue weighted by Gasteiger charge is 2.30. The van der Waals surface area contributed by atoms with Gasteiger partial charge in [0.2, 0.25) is 0 Å². The van der Waals surface area contributed by atoms with Crippen LogP contribution in [0.2, 0.25) is 0 Å². The summed E-state index contributed by atoms with van der Waals surface area (Å²) in [7, 11) is -3.43. The van der Waals surface area contributed by atoms with E-state index in [2.05, 4.69) is 12.0 Å². The van der Waals surface area contributed by atoms with Crippen LogP contribution in [0.15, 0.2) is 10.4 Å². The molecule has 0 aliphatic heterocycles. The van der Waals surface area contributed by atoms with Crippen molar-refractivity contribution in [3.05, 3.63) is 22.2 Å². The first kappa shape index (κ1) is 16.5. The highest BCUT2D eigenvalue weighted by molar-refractivity contribution is 8.01. The average Bonchev–Trinajstić information content (AvgIpc) is 3.05. The maximum Gasteiger partial charge on any atom is 0.259 e. The third-order valence-corrected chi connectivity index (χ3v) is 7.22. The largest absolute Gasteiger partial charge is 0.365 e. The Balaban J connectivity index is 2.19. The number of aromatic nitrogens is 2. The van der Waals surface area contributed by atoms with E-state index in [4.69, 9.17) is 5.73 Å². The molecule has 0 atom stereocenters. The maximum atomic E-state index is 11.8. The minimum Gasteiger partial charge on any atom is -0.365 e. The van der Waals surface area contributed by atoms with Crippen molar-refractivity contribution < 1.29 is 13.2 Å². The van der Waals surface area contributed by atoms with Crippen LogP contribution < -0.4 is 5.73 Å². The molecular formula is C14H17N3O3S3. The van der Waals surface area contributed by atoms with Gasteiger partial charge in [-0.2, -0.15) is 9.19 Å². The molecule has 0 radical (unpaired) electrons. The number of carbonyl (C=O) groups excluding carboxylic acids is 1. The van der Waals surface area contributed by atoms with Gasteiger partial charge in [0.25, 0.3) is 15.9 Å². The van der Waals surface area contributed by atoms with Crippen LogP contribution in [0.3, 0.4) is 0 Å². The minimum absolute atomic E-state index is 0.430. The second-order valence-corrected chi connectivity index (χ2v) is 9.65. The molecule has 1 aliphatic rings. The fraction of sp³-hybridized carbons (Fsp3) is 0.429. The van der Waals surface area contributed by atoms with E-state index in [0.29, 0.717) is 23.4 Å². The zero-order valence-corrected chi connectivity index (χ0v) is 15.3. The molecule has 9 heteroatoms. The highest BCUT2D eigenvalue weighted by Crippen LogP contribution is 2.46. The summed E-state index contributed by atoms with van der Waals surface area (Å²) in [4.78, 5) is 12.3. The Morgan fingerprint density at radius 2 is 2.22 bits per heavy atom. The average molecular weight is 372 g/mol. The molecule has 0 aromatic carbocycles. The van der Waals surface area contributed by atoms with Gasteiger partial charge in [0.15, 0.2) is 0 Å². The van der Waals surface area contributed by atoms with Crippen molar-refractivity contribution in [1.29, 1.82) is 0 Å². The molecule has 3 rings (SSSR count). The van der Waals surface area contributed by atoms with Crippen molar-refractivity contribution in [1.82, 2.24) is 9.19 Å². The number of carbonyl (C=O) groups is 1. The van der Waals surface area contributed by atoms with E-state index in [1.54, 1.807) is 18.0 Å². The van der Waals surface area contributed by atoms with Gasteiger partial charge < -0.3 is 5.73 Å². The monoisotopic (exact) mass is 371 g/mol. The van der Waals surface area contributed by atoms with Gasteiger partial charge in [-0.15, -0.1) is 23.1 Å². The molecule has 2 N–H and O–H groups in total. The second-order valence-electron chi connectivity index (χ2n) is 5.42. The topological polar surface area (TPSA) is 95.1 Å². The lowest BCUT2D eigenvalue weighted by Gasteiger charge is -2.13. The summed E-state index contributed by atoms with van der Waals surface area (Å²) in [5.74, 6) is 0.494. The van der Waals surface area contributed by atoms with Crippen molar-refractivity contribution in [3.8, 4) is 11.3 Å². The molecule has 0 spiro atoms. The molecule has 1 amide bonds. The number of hydrogen-bond donors (Lipinski definition) is 1. The SMILES string of the molecule is CCCSc1sc(C(N)=O)c2c1-c1nn(S(C)(=O)=O)cc1CC2. The molecular weight excluding hydrogens is 354 g/mol. The lowest BCUT2D eigenvalue weighted by atomic mass is 9.92. The quantitative estimate of drug-likeness (QED) is 0.812. The zero-order valence-electron chi connectivity index (χ0n) is 12.8. The number of thioether (sulfide) groups is 1. The number of aryl methyl sites for hydroxylation is 1. The summed E-state index contributed by atoms with van der Waals surface area (Å²) in [5.41, 5.74) is 8.88. The van der Waals surface area contributed by atoms with Gasteiger partial charge in [0.1, 0.15) is 0 Å². The van der Waals surface area contributed by atoms with Crippen molar-refractivity contribution in [2.45, 2.75) is 30.4 Å². The molecule has 0 unspecified atom stereocenters. The molecule has 0 saturated carbocycles. The molecule has 1 aliphatic carbocycles. The molecule has 6 nitrogen and oxygen atoms in total. The first-order valence-electron chi connectivity index (χ1n) is 7.20. The number of rotatable bonds is 5. The summed E-state index contributed by atoms with van der Waals surface area (Å²) in [6, 6.07) is 0. The predicted octanol–water partition coefficient (Wildman–Crippen LogP) is 2.12. The van der Waals surface area contributed by atoms with E-state index < -0.39 is 15.9 Å². The first-order chi connectivity index (χ1) is 10.8. The smallest absolute Gasteiger partial charge is 0.259 e. The number of fused-ring (bicyclic) bond motifs is 3.